The van der Waals surface area contributed by atoms with E-state index in [1.165, 1.54) is 16.8 Å². The van der Waals surface area contributed by atoms with Crippen molar-refractivity contribution in [1.29, 1.82) is 5.26 Å². The molecule has 2 atom stereocenters. The number of hydrogen-bond acceptors (Lipinski definition) is 9. The third-order valence-electron chi connectivity index (χ3n) is 5.00. The maximum absolute atomic E-state index is 11.6. The van der Waals surface area contributed by atoms with Crippen LogP contribution < -0.4 is 10.1 Å². The molecule has 10 nitrogen and oxygen atoms in total. The number of anilines is 1. The number of sulfonamides is 1. The molecule has 0 saturated carbocycles. The fourth-order valence-corrected chi connectivity index (χ4v) is 4.18. The van der Waals surface area contributed by atoms with Gasteiger partial charge >= 0.3 is 0 Å². The van der Waals surface area contributed by atoms with Gasteiger partial charge in [0.2, 0.25) is 21.9 Å². The van der Waals surface area contributed by atoms with Crippen LogP contribution in [0.1, 0.15) is 31.7 Å². The molecule has 0 bridgehead atoms. The van der Waals surface area contributed by atoms with Gasteiger partial charge in [-0.2, -0.15) is 10.2 Å². The van der Waals surface area contributed by atoms with E-state index in [4.69, 9.17) is 9.47 Å². The van der Waals surface area contributed by atoms with Crippen LogP contribution in [0.4, 0.5) is 5.95 Å². The zero-order chi connectivity index (χ0) is 20.4. The van der Waals surface area contributed by atoms with Gasteiger partial charge in [-0.05, 0) is 19.8 Å². The molecule has 11 heteroatoms. The minimum absolute atomic E-state index is 0.0185. The third kappa shape index (κ3) is 4.88. The summed E-state index contributed by atoms with van der Waals surface area (Å²) in [6, 6.07) is 2.02. The molecular formula is C17H25N5O5S. The van der Waals surface area contributed by atoms with E-state index in [9.17, 15) is 18.8 Å². The Balaban J connectivity index is 1.69. The van der Waals surface area contributed by atoms with E-state index in [2.05, 4.69) is 15.3 Å². The molecule has 0 aromatic carbocycles. The average molecular weight is 411 g/mol. The number of rotatable bonds is 5. The van der Waals surface area contributed by atoms with Crippen LogP contribution in [0.15, 0.2) is 6.20 Å². The van der Waals surface area contributed by atoms with Gasteiger partial charge in [0, 0.05) is 25.6 Å². The molecule has 3 heterocycles. The number of piperidine rings is 1. The first-order valence-corrected chi connectivity index (χ1v) is 11.0. The van der Waals surface area contributed by atoms with Crippen LogP contribution in [0.25, 0.3) is 0 Å². The third-order valence-corrected chi connectivity index (χ3v) is 6.30. The van der Waals surface area contributed by atoms with Crippen molar-refractivity contribution < 1.29 is 23.0 Å². The lowest BCUT2D eigenvalue weighted by atomic mass is 9.95. The zero-order valence-corrected chi connectivity index (χ0v) is 16.8. The standard InChI is InChI=1S/C17H25N5O5S/c1-17(23)11-26-8-5-14(17)27-15-12(9-18)10-19-16(21-15)20-13-3-6-22(7-4-13)28(2,24)25/h10,13-14,23H,3-8,11H2,1-2H3,(H,19,20,21)/t14-,17+/m1/s1. The van der Waals surface area contributed by atoms with E-state index < -0.39 is 21.7 Å². The highest BCUT2D eigenvalue weighted by Gasteiger charge is 2.38. The van der Waals surface area contributed by atoms with E-state index in [1.807, 2.05) is 6.07 Å². The first kappa shape index (κ1) is 20.7. The number of ether oxygens (including phenoxy) is 2. The number of aromatic nitrogens is 2. The van der Waals surface area contributed by atoms with E-state index >= 15 is 0 Å². The molecule has 0 aliphatic carbocycles. The average Bonchev–Trinajstić information content (AvgIpc) is 2.63. The summed E-state index contributed by atoms with van der Waals surface area (Å²) < 4.78 is 35.8. The van der Waals surface area contributed by atoms with Crippen LogP contribution in [0.2, 0.25) is 0 Å². The Bertz CT molecular complexity index is 846. The molecule has 2 fully saturated rings. The summed E-state index contributed by atoms with van der Waals surface area (Å²) >= 11 is 0. The van der Waals surface area contributed by atoms with Crippen LogP contribution >= 0.6 is 0 Å². The Hall–Kier alpha value is -2.00. The van der Waals surface area contributed by atoms with Gasteiger partial charge in [-0.15, -0.1) is 0 Å². The fraction of sp³-hybridized carbons (Fsp3) is 0.706. The molecule has 2 N–H and O–H groups in total. The van der Waals surface area contributed by atoms with Crippen LogP contribution in [-0.2, 0) is 14.8 Å². The fourth-order valence-electron chi connectivity index (χ4n) is 3.31. The number of nitrogens with one attached hydrogen (secondary N) is 1. The number of hydrogen-bond donors (Lipinski definition) is 2. The summed E-state index contributed by atoms with van der Waals surface area (Å²) in [5.41, 5.74) is -0.998. The largest absolute Gasteiger partial charge is 0.470 e. The van der Waals surface area contributed by atoms with Crippen molar-refractivity contribution in [2.75, 3.05) is 37.9 Å². The molecule has 2 aliphatic heterocycles. The molecule has 0 amide bonds. The highest BCUT2D eigenvalue weighted by molar-refractivity contribution is 7.88. The molecular weight excluding hydrogens is 386 g/mol. The summed E-state index contributed by atoms with van der Waals surface area (Å²) in [6.45, 7) is 3.09. The van der Waals surface area contributed by atoms with E-state index in [-0.39, 0.29) is 24.1 Å². The molecule has 28 heavy (non-hydrogen) atoms. The van der Waals surface area contributed by atoms with Crippen LogP contribution in [-0.4, -0.2) is 78.1 Å². The van der Waals surface area contributed by atoms with Gasteiger partial charge in [0.05, 0.1) is 25.7 Å². The predicted octanol–water partition coefficient (Wildman–Crippen LogP) is 0.103. The summed E-state index contributed by atoms with van der Waals surface area (Å²) in [6.07, 6.45) is 3.77. The lowest BCUT2D eigenvalue weighted by Crippen LogP contribution is -2.51. The zero-order valence-electron chi connectivity index (χ0n) is 16.0. The van der Waals surface area contributed by atoms with Crippen molar-refractivity contribution in [2.45, 2.75) is 43.9 Å². The van der Waals surface area contributed by atoms with Crippen LogP contribution in [0.3, 0.4) is 0 Å². The lowest BCUT2D eigenvalue weighted by Gasteiger charge is -2.36. The Labute approximate surface area is 164 Å². The van der Waals surface area contributed by atoms with E-state index in [0.717, 1.165) is 0 Å². The van der Waals surface area contributed by atoms with Gasteiger partial charge in [0.1, 0.15) is 23.3 Å². The molecule has 0 unspecified atom stereocenters. The maximum Gasteiger partial charge on any atom is 0.236 e. The van der Waals surface area contributed by atoms with Gasteiger partial charge < -0.3 is 19.9 Å². The van der Waals surface area contributed by atoms with Crippen molar-refractivity contribution in [1.82, 2.24) is 14.3 Å². The molecule has 2 aliphatic rings. The number of nitrogens with zero attached hydrogens (tertiary/aromatic N) is 4. The van der Waals surface area contributed by atoms with Crippen LogP contribution in [0, 0.1) is 11.3 Å². The van der Waals surface area contributed by atoms with Gasteiger partial charge in [0.25, 0.3) is 0 Å². The maximum atomic E-state index is 11.6. The topological polar surface area (TPSA) is 138 Å². The smallest absolute Gasteiger partial charge is 0.236 e. The molecule has 0 radical (unpaired) electrons. The molecule has 2 saturated heterocycles. The Morgan fingerprint density at radius 1 is 1.43 bits per heavy atom. The summed E-state index contributed by atoms with van der Waals surface area (Å²) in [5, 5.41) is 22.9. The number of nitriles is 1. The summed E-state index contributed by atoms with van der Waals surface area (Å²) in [5.74, 6) is 0.416. The monoisotopic (exact) mass is 411 g/mol. The molecule has 154 valence electrons. The Morgan fingerprint density at radius 3 is 2.75 bits per heavy atom. The highest BCUT2D eigenvalue weighted by Crippen LogP contribution is 2.27. The van der Waals surface area contributed by atoms with E-state index in [1.54, 1.807) is 6.92 Å². The van der Waals surface area contributed by atoms with Crippen molar-refractivity contribution >= 4 is 16.0 Å². The SMILES string of the molecule is C[C@]1(O)COCC[C@H]1Oc1nc(NC2CCN(S(C)(=O)=O)CC2)ncc1C#N. The molecule has 1 aromatic rings. The second-order valence-corrected chi connectivity index (χ2v) is 9.39. The molecule has 1 aromatic heterocycles. The Morgan fingerprint density at radius 2 is 2.14 bits per heavy atom. The summed E-state index contributed by atoms with van der Waals surface area (Å²) in [4.78, 5) is 8.47. The van der Waals surface area contributed by atoms with Crippen molar-refractivity contribution in [3.05, 3.63) is 11.8 Å². The van der Waals surface area contributed by atoms with Crippen molar-refractivity contribution in [3.63, 3.8) is 0 Å². The first-order valence-electron chi connectivity index (χ1n) is 9.14. The predicted molar refractivity (Wildman–Crippen MR) is 100 cm³/mol. The minimum atomic E-state index is -3.18. The van der Waals surface area contributed by atoms with E-state index in [0.29, 0.717) is 44.9 Å². The number of aliphatic hydroxyl groups is 1. The van der Waals surface area contributed by atoms with Gasteiger partial charge in [-0.3, -0.25) is 0 Å². The lowest BCUT2D eigenvalue weighted by molar-refractivity contribution is -0.139. The van der Waals surface area contributed by atoms with Crippen molar-refractivity contribution in [2.24, 2.45) is 0 Å². The minimum Gasteiger partial charge on any atom is -0.470 e. The second-order valence-electron chi connectivity index (χ2n) is 7.41. The Kier molecular flexibility index (Phi) is 6.04. The van der Waals surface area contributed by atoms with Gasteiger partial charge in [0.15, 0.2) is 0 Å². The quantitative estimate of drug-likeness (QED) is 0.691. The molecule has 0 spiro atoms. The van der Waals surface area contributed by atoms with Gasteiger partial charge in [-0.1, -0.05) is 0 Å². The first-order chi connectivity index (χ1) is 13.2. The van der Waals surface area contributed by atoms with Crippen molar-refractivity contribution in [3.8, 4) is 11.9 Å². The molecule has 3 rings (SSSR count). The summed E-state index contributed by atoms with van der Waals surface area (Å²) in [7, 11) is -3.18. The van der Waals surface area contributed by atoms with Crippen LogP contribution in [0.5, 0.6) is 5.88 Å². The second kappa shape index (κ2) is 8.16. The highest BCUT2D eigenvalue weighted by atomic mass is 32.2. The normalized spacial score (nSPS) is 27.1. The van der Waals surface area contributed by atoms with Gasteiger partial charge in [-0.25, -0.2) is 17.7 Å².